The van der Waals surface area contributed by atoms with Crippen molar-refractivity contribution in [3.8, 4) is 11.1 Å². The van der Waals surface area contributed by atoms with Gasteiger partial charge in [-0.15, -0.1) is 0 Å². The molecule has 9 heteroatoms. The highest BCUT2D eigenvalue weighted by Gasteiger charge is 2.31. The lowest BCUT2D eigenvalue weighted by Gasteiger charge is -2.27. The monoisotopic (exact) mass is 499 g/mol. The SMILES string of the molecule is COC(CNC1CN(Cc2ccccc2)C(=O)c2cc(-c3ccc(C(F)(F)F)cc3)ccc2N1)OC. The van der Waals surface area contributed by atoms with Gasteiger partial charge < -0.3 is 19.7 Å². The van der Waals surface area contributed by atoms with E-state index < -0.39 is 18.0 Å². The largest absolute Gasteiger partial charge is 0.416 e. The van der Waals surface area contributed by atoms with E-state index in [2.05, 4.69) is 10.6 Å². The van der Waals surface area contributed by atoms with Gasteiger partial charge in [0.15, 0.2) is 6.29 Å². The first kappa shape index (κ1) is 25.7. The van der Waals surface area contributed by atoms with Crippen molar-refractivity contribution >= 4 is 11.6 Å². The maximum absolute atomic E-state index is 13.7. The van der Waals surface area contributed by atoms with E-state index in [1.165, 1.54) is 12.1 Å². The minimum Gasteiger partial charge on any atom is -0.368 e. The summed E-state index contributed by atoms with van der Waals surface area (Å²) >= 11 is 0. The molecule has 2 N–H and O–H groups in total. The number of methoxy groups -OCH3 is 2. The van der Waals surface area contributed by atoms with Gasteiger partial charge in [-0.1, -0.05) is 48.5 Å². The van der Waals surface area contributed by atoms with E-state index >= 15 is 0 Å². The van der Waals surface area contributed by atoms with Crippen molar-refractivity contribution in [3.05, 3.63) is 89.5 Å². The van der Waals surface area contributed by atoms with Crippen molar-refractivity contribution < 1.29 is 27.4 Å². The molecule has 0 saturated heterocycles. The van der Waals surface area contributed by atoms with Gasteiger partial charge in [-0.25, -0.2) is 0 Å². The highest BCUT2D eigenvalue weighted by Crippen LogP contribution is 2.33. The summed E-state index contributed by atoms with van der Waals surface area (Å²) in [7, 11) is 3.11. The lowest BCUT2D eigenvalue weighted by molar-refractivity contribution is -0.137. The molecule has 1 atom stereocenters. The number of benzene rings is 3. The molecule has 3 aromatic carbocycles. The lowest BCUT2D eigenvalue weighted by Crippen LogP contribution is -2.48. The predicted molar refractivity (Wildman–Crippen MR) is 131 cm³/mol. The van der Waals surface area contributed by atoms with Crippen molar-refractivity contribution in [3.63, 3.8) is 0 Å². The third kappa shape index (κ3) is 6.04. The van der Waals surface area contributed by atoms with Gasteiger partial charge in [0, 0.05) is 33.0 Å². The number of amides is 1. The first-order chi connectivity index (χ1) is 17.3. The average Bonchev–Trinajstić information content (AvgIpc) is 3.01. The van der Waals surface area contributed by atoms with Gasteiger partial charge in [0.2, 0.25) is 0 Å². The molecule has 0 spiro atoms. The number of halogens is 3. The number of anilines is 1. The number of nitrogens with one attached hydrogen (secondary N) is 2. The minimum atomic E-state index is -4.41. The summed E-state index contributed by atoms with van der Waals surface area (Å²) in [5.74, 6) is -0.172. The molecule has 6 nitrogen and oxygen atoms in total. The zero-order valence-electron chi connectivity index (χ0n) is 20.0. The van der Waals surface area contributed by atoms with Gasteiger partial charge in [-0.3, -0.25) is 10.1 Å². The molecule has 4 rings (SSSR count). The van der Waals surface area contributed by atoms with E-state index in [-0.39, 0.29) is 12.1 Å². The second kappa shape index (κ2) is 11.1. The second-order valence-electron chi connectivity index (χ2n) is 8.51. The van der Waals surface area contributed by atoms with Crippen LogP contribution in [0, 0.1) is 0 Å². The van der Waals surface area contributed by atoms with Crippen LogP contribution in [0.5, 0.6) is 0 Å². The van der Waals surface area contributed by atoms with Gasteiger partial charge in [0.05, 0.1) is 23.8 Å². The smallest absolute Gasteiger partial charge is 0.368 e. The summed E-state index contributed by atoms with van der Waals surface area (Å²) in [6.07, 6.45) is -5.14. The standard InChI is InChI=1S/C27H28F3N3O3/c1-35-25(36-2)15-31-24-17-33(16-18-6-4-3-5-7-18)26(34)22-14-20(10-13-23(22)32-24)19-8-11-21(12-9-19)27(28,29)30/h3-14,24-25,31-32H,15-17H2,1-2H3. The fourth-order valence-electron chi connectivity index (χ4n) is 4.14. The number of carbonyl (C=O) groups is 1. The Bertz CT molecular complexity index is 1170. The summed E-state index contributed by atoms with van der Waals surface area (Å²) < 4.78 is 49.5. The van der Waals surface area contributed by atoms with Gasteiger partial charge in [-0.05, 0) is 41.0 Å². The van der Waals surface area contributed by atoms with Crippen molar-refractivity contribution in [2.45, 2.75) is 25.2 Å². The lowest BCUT2D eigenvalue weighted by atomic mass is 10.00. The van der Waals surface area contributed by atoms with Crippen LogP contribution in [-0.4, -0.2) is 50.6 Å². The fraction of sp³-hybridized carbons (Fsp3) is 0.296. The molecular weight excluding hydrogens is 471 g/mol. The van der Waals surface area contributed by atoms with Crippen LogP contribution in [0.4, 0.5) is 18.9 Å². The summed E-state index contributed by atoms with van der Waals surface area (Å²) in [5.41, 5.74) is 2.60. The number of rotatable bonds is 8. The van der Waals surface area contributed by atoms with Crippen LogP contribution in [-0.2, 0) is 22.2 Å². The van der Waals surface area contributed by atoms with Crippen LogP contribution in [0.15, 0.2) is 72.8 Å². The van der Waals surface area contributed by atoms with E-state index in [1.807, 2.05) is 30.3 Å². The Labute approximate surface area is 208 Å². The van der Waals surface area contributed by atoms with Crippen molar-refractivity contribution in [1.29, 1.82) is 0 Å². The molecule has 0 radical (unpaired) electrons. The molecule has 0 fully saturated rings. The molecule has 190 valence electrons. The second-order valence-corrected chi connectivity index (χ2v) is 8.51. The quantitative estimate of drug-likeness (QED) is 0.429. The summed E-state index contributed by atoms with van der Waals surface area (Å²) in [4.78, 5) is 15.4. The predicted octanol–water partition coefficient (Wildman–Crippen LogP) is 4.97. The molecule has 1 heterocycles. The van der Waals surface area contributed by atoms with Crippen LogP contribution in [0.25, 0.3) is 11.1 Å². The van der Waals surface area contributed by atoms with Crippen LogP contribution in [0.1, 0.15) is 21.5 Å². The molecule has 3 aromatic rings. The number of nitrogens with zero attached hydrogens (tertiary/aromatic N) is 1. The topological polar surface area (TPSA) is 62.8 Å². The van der Waals surface area contributed by atoms with E-state index in [4.69, 9.17) is 9.47 Å². The summed E-state index contributed by atoms with van der Waals surface area (Å²) in [5, 5.41) is 6.73. The number of fused-ring (bicyclic) bond motifs is 1. The van der Waals surface area contributed by atoms with Gasteiger partial charge in [-0.2, -0.15) is 13.2 Å². The maximum atomic E-state index is 13.7. The van der Waals surface area contributed by atoms with E-state index in [1.54, 1.807) is 37.3 Å². The molecule has 1 unspecified atom stereocenters. The van der Waals surface area contributed by atoms with E-state index in [9.17, 15) is 18.0 Å². The average molecular weight is 500 g/mol. The third-order valence-corrected chi connectivity index (χ3v) is 6.09. The maximum Gasteiger partial charge on any atom is 0.416 e. The summed E-state index contributed by atoms with van der Waals surface area (Å²) in [6.45, 7) is 1.18. The fourth-order valence-corrected chi connectivity index (χ4v) is 4.14. The normalized spacial score (nSPS) is 16.0. The molecular formula is C27H28F3N3O3. The van der Waals surface area contributed by atoms with Gasteiger partial charge in [0.1, 0.15) is 0 Å². The Balaban J connectivity index is 1.65. The van der Waals surface area contributed by atoms with Crippen LogP contribution in [0.3, 0.4) is 0 Å². The molecule has 0 aromatic heterocycles. The highest BCUT2D eigenvalue weighted by atomic mass is 19.4. The molecule has 0 aliphatic carbocycles. The first-order valence-corrected chi connectivity index (χ1v) is 11.5. The van der Waals surface area contributed by atoms with Gasteiger partial charge >= 0.3 is 6.18 Å². The van der Waals surface area contributed by atoms with Crippen LogP contribution < -0.4 is 10.6 Å². The van der Waals surface area contributed by atoms with Gasteiger partial charge in [0.25, 0.3) is 5.91 Å². The first-order valence-electron chi connectivity index (χ1n) is 11.5. The third-order valence-electron chi connectivity index (χ3n) is 6.09. The Morgan fingerprint density at radius 2 is 1.67 bits per heavy atom. The number of carbonyl (C=O) groups excluding carboxylic acids is 1. The minimum absolute atomic E-state index is 0.172. The Kier molecular flexibility index (Phi) is 7.93. The Morgan fingerprint density at radius 3 is 2.31 bits per heavy atom. The van der Waals surface area contributed by atoms with Crippen LogP contribution >= 0.6 is 0 Å². The highest BCUT2D eigenvalue weighted by molar-refractivity contribution is 6.01. The van der Waals surface area contributed by atoms with E-state index in [0.29, 0.717) is 42.0 Å². The molecule has 0 bridgehead atoms. The van der Waals surface area contributed by atoms with Crippen LogP contribution in [0.2, 0.25) is 0 Å². The molecule has 36 heavy (non-hydrogen) atoms. The zero-order valence-corrected chi connectivity index (χ0v) is 20.0. The Morgan fingerprint density at radius 1 is 1.00 bits per heavy atom. The van der Waals surface area contributed by atoms with Crippen molar-refractivity contribution in [2.24, 2.45) is 0 Å². The number of ether oxygens (including phenoxy) is 2. The Hall–Kier alpha value is -3.40. The number of hydrogen-bond donors (Lipinski definition) is 2. The molecule has 1 amide bonds. The van der Waals surface area contributed by atoms with Crippen molar-refractivity contribution in [1.82, 2.24) is 10.2 Å². The van der Waals surface area contributed by atoms with Crippen molar-refractivity contribution in [2.75, 3.05) is 32.6 Å². The summed E-state index contributed by atoms with van der Waals surface area (Å²) in [6, 6.07) is 19.9. The number of alkyl halides is 3. The number of hydrogen-bond acceptors (Lipinski definition) is 5. The molecule has 0 saturated carbocycles. The van der Waals surface area contributed by atoms with E-state index in [0.717, 1.165) is 17.7 Å². The zero-order chi connectivity index (χ0) is 25.7. The molecule has 1 aliphatic rings. The molecule has 1 aliphatic heterocycles.